The van der Waals surface area contributed by atoms with Gasteiger partial charge in [0, 0.05) is 50.5 Å². The SMILES string of the molecule is CCOC(=O)C1=C(CN2CCN(C(=O)c3ccccc3)[C@@H](C)C2)N(C)C(=O)N[C@@H]1c1ccc(C)cc1. The Kier molecular flexibility index (Phi) is 7.74. The summed E-state index contributed by atoms with van der Waals surface area (Å²) in [5.41, 5.74) is 3.66. The predicted octanol–water partition coefficient (Wildman–Crippen LogP) is 3.35. The van der Waals surface area contributed by atoms with Gasteiger partial charge < -0.3 is 15.0 Å². The molecule has 3 amide bonds. The number of piperazine rings is 1. The molecule has 2 aliphatic rings. The molecule has 0 aromatic heterocycles. The standard InChI is InChI=1S/C28H34N4O4/c1-5-36-27(34)24-23(30(4)28(35)29-25(24)21-13-11-19(2)12-14-21)18-31-15-16-32(20(3)17-31)26(33)22-9-7-6-8-10-22/h6-14,20,25H,5,15-18H2,1-4H3,(H,29,35)/t20-,25+/m0/s1. The van der Waals surface area contributed by atoms with Gasteiger partial charge in [0.25, 0.3) is 5.91 Å². The van der Waals surface area contributed by atoms with Crippen LogP contribution in [0.15, 0.2) is 65.9 Å². The molecule has 2 aromatic rings. The molecule has 0 saturated carbocycles. The van der Waals surface area contributed by atoms with E-state index in [4.69, 9.17) is 4.74 Å². The average molecular weight is 491 g/mol. The molecule has 1 fully saturated rings. The molecule has 0 radical (unpaired) electrons. The zero-order valence-electron chi connectivity index (χ0n) is 21.4. The number of hydrogen-bond acceptors (Lipinski definition) is 5. The fourth-order valence-electron chi connectivity index (χ4n) is 4.84. The molecule has 0 unspecified atom stereocenters. The number of carbonyl (C=O) groups is 3. The number of ether oxygens (including phenoxy) is 1. The van der Waals surface area contributed by atoms with E-state index in [1.807, 2.05) is 73.3 Å². The number of amides is 3. The Balaban J connectivity index is 1.60. The van der Waals surface area contributed by atoms with Gasteiger partial charge in [-0.1, -0.05) is 48.0 Å². The third-order valence-electron chi connectivity index (χ3n) is 6.85. The second kappa shape index (κ2) is 11.0. The highest BCUT2D eigenvalue weighted by molar-refractivity contribution is 5.95. The quantitative estimate of drug-likeness (QED) is 0.628. The molecule has 1 N–H and O–H groups in total. The molecule has 36 heavy (non-hydrogen) atoms. The molecule has 8 nitrogen and oxygen atoms in total. The highest BCUT2D eigenvalue weighted by atomic mass is 16.5. The maximum atomic E-state index is 13.2. The van der Waals surface area contributed by atoms with E-state index in [9.17, 15) is 14.4 Å². The summed E-state index contributed by atoms with van der Waals surface area (Å²) in [6.07, 6.45) is 0. The molecule has 1 saturated heterocycles. The third kappa shape index (κ3) is 5.28. The van der Waals surface area contributed by atoms with Gasteiger partial charge in [-0.05, 0) is 38.5 Å². The smallest absolute Gasteiger partial charge is 0.338 e. The second-order valence-electron chi connectivity index (χ2n) is 9.38. The summed E-state index contributed by atoms with van der Waals surface area (Å²) in [5.74, 6) is -0.418. The van der Waals surface area contributed by atoms with Gasteiger partial charge in [-0.25, -0.2) is 9.59 Å². The van der Waals surface area contributed by atoms with Crippen LogP contribution in [0.2, 0.25) is 0 Å². The Hall–Kier alpha value is -3.65. The summed E-state index contributed by atoms with van der Waals surface area (Å²) < 4.78 is 5.43. The van der Waals surface area contributed by atoms with Crippen molar-refractivity contribution < 1.29 is 19.1 Å². The Morgan fingerprint density at radius 2 is 1.75 bits per heavy atom. The summed E-state index contributed by atoms with van der Waals surface area (Å²) in [4.78, 5) is 44.7. The second-order valence-corrected chi connectivity index (χ2v) is 9.38. The van der Waals surface area contributed by atoms with E-state index in [2.05, 4.69) is 10.2 Å². The van der Waals surface area contributed by atoms with Crippen molar-refractivity contribution in [3.8, 4) is 0 Å². The lowest BCUT2D eigenvalue weighted by atomic mass is 9.93. The summed E-state index contributed by atoms with van der Waals surface area (Å²) in [5, 5.41) is 2.96. The monoisotopic (exact) mass is 490 g/mol. The topological polar surface area (TPSA) is 82.2 Å². The van der Waals surface area contributed by atoms with Gasteiger partial charge in [-0.3, -0.25) is 14.6 Å². The molecule has 0 bridgehead atoms. The zero-order valence-corrected chi connectivity index (χ0v) is 21.4. The molecular formula is C28H34N4O4. The van der Waals surface area contributed by atoms with Crippen LogP contribution >= 0.6 is 0 Å². The molecule has 8 heteroatoms. The van der Waals surface area contributed by atoms with E-state index >= 15 is 0 Å². The lowest BCUT2D eigenvalue weighted by Crippen LogP contribution is -2.56. The van der Waals surface area contributed by atoms with Crippen LogP contribution in [0.3, 0.4) is 0 Å². The number of carbonyl (C=O) groups excluding carboxylic acids is 3. The van der Waals surface area contributed by atoms with E-state index in [0.29, 0.717) is 43.0 Å². The highest BCUT2D eigenvalue weighted by Gasteiger charge is 2.38. The number of hydrogen-bond donors (Lipinski definition) is 1. The fourth-order valence-corrected chi connectivity index (χ4v) is 4.84. The Labute approximate surface area is 212 Å². The van der Waals surface area contributed by atoms with E-state index in [0.717, 1.165) is 11.1 Å². The van der Waals surface area contributed by atoms with E-state index < -0.39 is 12.0 Å². The van der Waals surface area contributed by atoms with E-state index in [1.54, 1.807) is 14.0 Å². The number of nitrogens with zero attached hydrogens (tertiary/aromatic N) is 3. The van der Waals surface area contributed by atoms with Crippen LogP contribution in [0.4, 0.5) is 4.79 Å². The van der Waals surface area contributed by atoms with Crippen molar-refractivity contribution in [1.82, 2.24) is 20.0 Å². The van der Waals surface area contributed by atoms with Gasteiger partial charge in [-0.15, -0.1) is 0 Å². The highest BCUT2D eigenvalue weighted by Crippen LogP contribution is 2.32. The van der Waals surface area contributed by atoms with Crippen LogP contribution in [0.5, 0.6) is 0 Å². The number of nitrogens with one attached hydrogen (secondary N) is 1. The van der Waals surface area contributed by atoms with Gasteiger partial charge in [0.05, 0.1) is 18.2 Å². The van der Waals surface area contributed by atoms with Crippen molar-refractivity contribution in [2.24, 2.45) is 0 Å². The Morgan fingerprint density at radius 3 is 2.39 bits per heavy atom. The molecule has 2 heterocycles. The van der Waals surface area contributed by atoms with Crippen molar-refractivity contribution in [2.45, 2.75) is 32.9 Å². The van der Waals surface area contributed by atoms with Crippen LogP contribution in [0.25, 0.3) is 0 Å². The molecule has 2 aliphatic heterocycles. The number of aryl methyl sites for hydroxylation is 1. The number of rotatable bonds is 6. The van der Waals surface area contributed by atoms with Gasteiger partial charge in [0.1, 0.15) is 0 Å². The summed E-state index contributed by atoms with van der Waals surface area (Å²) in [6.45, 7) is 8.26. The van der Waals surface area contributed by atoms with Crippen LogP contribution in [0.1, 0.15) is 41.4 Å². The minimum absolute atomic E-state index is 0.0165. The molecule has 0 spiro atoms. The first-order valence-corrected chi connectivity index (χ1v) is 12.4. The molecular weight excluding hydrogens is 456 g/mol. The number of benzene rings is 2. The minimum atomic E-state index is -0.596. The first kappa shape index (κ1) is 25.4. The first-order chi connectivity index (χ1) is 17.3. The lowest BCUT2D eigenvalue weighted by molar-refractivity contribution is -0.139. The van der Waals surface area contributed by atoms with Crippen LogP contribution < -0.4 is 5.32 Å². The normalized spacial score (nSPS) is 20.8. The van der Waals surface area contributed by atoms with Crippen LogP contribution in [-0.4, -0.2) is 78.5 Å². The number of esters is 1. The predicted molar refractivity (Wildman–Crippen MR) is 137 cm³/mol. The largest absolute Gasteiger partial charge is 0.463 e. The van der Waals surface area contributed by atoms with Crippen molar-refractivity contribution in [3.63, 3.8) is 0 Å². The van der Waals surface area contributed by atoms with Crippen LogP contribution in [0, 0.1) is 6.92 Å². The van der Waals surface area contributed by atoms with Crippen molar-refractivity contribution in [1.29, 1.82) is 0 Å². The van der Waals surface area contributed by atoms with Gasteiger partial charge in [-0.2, -0.15) is 0 Å². The van der Waals surface area contributed by atoms with E-state index in [-0.39, 0.29) is 24.6 Å². The van der Waals surface area contributed by atoms with Gasteiger partial charge in [0.15, 0.2) is 0 Å². The molecule has 0 aliphatic carbocycles. The zero-order chi connectivity index (χ0) is 25.8. The van der Waals surface area contributed by atoms with Crippen molar-refractivity contribution in [2.75, 3.05) is 39.8 Å². The van der Waals surface area contributed by atoms with Gasteiger partial charge in [0.2, 0.25) is 0 Å². The Morgan fingerprint density at radius 1 is 1.06 bits per heavy atom. The minimum Gasteiger partial charge on any atom is -0.463 e. The Bertz CT molecular complexity index is 1150. The fraction of sp³-hybridized carbons (Fsp3) is 0.393. The number of urea groups is 1. The maximum absolute atomic E-state index is 13.2. The molecule has 2 atom stereocenters. The third-order valence-corrected chi connectivity index (χ3v) is 6.85. The van der Waals surface area contributed by atoms with Crippen molar-refractivity contribution in [3.05, 3.63) is 82.6 Å². The van der Waals surface area contributed by atoms with Crippen molar-refractivity contribution >= 4 is 17.9 Å². The lowest BCUT2D eigenvalue weighted by Gasteiger charge is -2.42. The van der Waals surface area contributed by atoms with Crippen LogP contribution in [-0.2, 0) is 9.53 Å². The average Bonchev–Trinajstić information content (AvgIpc) is 2.87. The number of likely N-dealkylation sites (N-methyl/N-ethyl adjacent to an activating group) is 1. The summed E-state index contributed by atoms with van der Waals surface area (Å²) in [7, 11) is 1.67. The molecule has 2 aromatic carbocycles. The molecule has 190 valence electrons. The first-order valence-electron chi connectivity index (χ1n) is 12.4. The molecule has 4 rings (SSSR count). The van der Waals surface area contributed by atoms with E-state index in [1.165, 1.54) is 4.90 Å². The maximum Gasteiger partial charge on any atom is 0.338 e. The van der Waals surface area contributed by atoms with Gasteiger partial charge >= 0.3 is 12.0 Å². The summed E-state index contributed by atoms with van der Waals surface area (Å²) in [6, 6.07) is 16.2. The summed E-state index contributed by atoms with van der Waals surface area (Å²) >= 11 is 0.